The van der Waals surface area contributed by atoms with Crippen molar-refractivity contribution >= 4 is 17.3 Å². The largest absolute Gasteiger partial charge is 0.504 e. The number of phenolic OH excluding ortho intramolecular Hbond substituents is 1. The summed E-state index contributed by atoms with van der Waals surface area (Å²) < 4.78 is 5.01. The third-order valence-electron chi connectivity index (χ3n) is 3.02. The van der Waals surface area contributed by atoms with E-state index in [4.69, 9.17) is 4.74 Å². The molecule has 0 atom stereocenters. The van der Waals surface area contributed by atoms with Crippen molar-refractivity contribution in [3.63, 3.8) is 0 Å². The van der Waals surface area contributed by atoms with Crippen molar-refractivity contribution in [2.75, 3.05) is 7.11 Å². The zero-order chi connectivity index (χ0) is 16.1. The number of nitriles is 1. The maximum absolute atomic E-state index is 10.6. The van der Waals surface area contributed by atoms with E-state index in [1.807, 2.05) is 0 Å². The van der Waals surface area contributed by atoms with Crippen LogP contribution < -0.4 is 4.74 Å². The molecule has 2 aromatic carbocycles. The highest BCUT2D eigenvalue weighted by molar-refractivity contribution is 5.90. The lowest BCUT2D eigenvalue weighted by Gasteiger charge is -2.05. The Morgan fingerprint density at radius 2 is 2.00 bits per heavy atom. The number of methoxy groups -OCH3 is 1. The summed E-state index contributed by atoms with van der Waals surface area (Å²) in [6, 6.07) is 12.5. The molecule has 0 radical (unpaired) electrons. The van der Waals surface area contributed by atoms with Gasteiger partial charge in [0.1, 0.15) is 0 Å². The van der Waals surface area contributed by atoms with Crippen molar-refractivity contribution in [1.82, 2.24) is 0 Å². The topological polar surface area (TPSA) is 96.4 Å². The number of nitrogens with zero attached hydrogens (tertiary/aromatic N) is 2. The summed E-state index contributed by atoms with van der Waals surface area (Å²) in [5.41, 5.74) is 1.56. The highest BCUT2D eigenvalue weighted by atomic mass is 16.6. The number of non-ortho nitro benzene ring substituents is 1. The summed E-state index contributed by atoms with van der Waals surface area (Å²) in [7, 11) is 1.43. The summed E-state index contributed by atoms with van der Waals surface area (Å²) in [6.45, 7) is 0. The molecule has 0 saturated heterocycles. The molecule has 0 aromatic heterocycles. The van der Waals surface area contributed by atoms with E-state index in [1.54, 1.807) is 18.2 Å². The Morgan fingerprint density at radius 1 is 1.32 bits per heavy atom. The standard InChI is InChI=1S/C16H12N2O4/c1-22-16-9-11(2-7-15(16)19)8-13(10-17)12-3-5-14(6-4-12)18(20)21/h2-9,19H,1H3/b13-8-. The summed E-state index contributed by atoms with van der Waals surface area (Å²) >= 11 is 0. The second-order valence-electron chi connectivity index (χ2n) is 4.41. The van der Waals surface area contributed by atoms with Gasteiger partial charge in [0.15, 0.2) is 11.5 Å². The van der Waals surface area contributed by atoms with Crippen molar-refractivity contribution in [2.45, 2.75) is 0 Å². The smallest absolute Gasteiger partial charge is 0.269 e. The number of phenols is 1. The van der Waals surface area contributed by atoms with Gasteiger partial charge in [0.2, 0.25) is 0 Å². The van der Waals surface area contributed by atoms with E-state index in [2.05, 4.69) is 6.07 Å². The summed E-state index contributed by atoms with van der Waals surface area (Å²) in [5, 5.41) is 29.5. The third kappa shape index (κ3) is 3.22. The molecule has 0 aliphatic heterocycles. The first-order valence-electron chi connectivity index (χ1n) is 6.29. The fourth-order valence-electron chi connectivity index (χ4n) is 1.89. The van der Waals surface area contributed by atoms with Gasteiger partial charge in [0, 0.05) is 12.1 Å². The van der Waals surface area contributed by atoms with Gasteiger partial charge in [0.25, 0.3) is 5.69 Å². The Labute approximate surface area is 126 Å². The van der Waals surface area contributed by atoms with E-state index in [-0.39, 0.29) is 11.4 Å². The quantitative estimate of drug-likeness (QED) is 0.404. The molecule has 1 N–H and O–H groups in total. The molecule has 0 saturated carbocycles. The van der Waals surface area contributed by atoms with E-state index < -0.39 is 4.92 Å². The predicted octanol–water partition coefficient (Wildman–Crippen LogP) is 3.37. The first-order chi connectivity index (χ1) is 10.5. The molecule has 0 heterocycles. The molecule has 6 nitrogen and oxygen atoms in total. The van der Waals surface area contributed by atoms with Gasteiger partial charge in [-0.2, -0.15) is 5.26 Å². The van der Waals surface area contributed by atoms with Crippen LogP contribution in [-0.4, -0.2) is 17.1 Å². The van der Waals surface area contributed by atoms with Crippen LogP contribution in [0.25, 0.3) is 11.6 Å². The minimum Gasteiger partial charge on any atom is -0.504 e. The van der Waals surface area contributed by atoms with Crippen molar-refractivity contribution < 1.29 is 14.8 Å². The zero-order valence-electron chi connectivity index (χ0n) is 11.7. The van der Waals surface area contributed by atoms with Crippen LogP contribution in [0.15, 0.2) is 42.5 Å². The summed E-state index contributed by atoms with van der Waals surface area (Å²) in [6.07, 6.45) is 1.61. The van der Waals surface area contributed by atoms with Gasteiger partial charge in [-0.3, -0.25) is 10.1 Å². The molecule has 6 heteroatoms. The number of rotatable bonds is 4. The number of hydrogen-bond donors (Lipinski definition) is 1. The van der Waals surface area contributed by atoms with Gasteiger partial charge in [-0.1, -0.05) is 6.07 Å². The lowest BCUT2D eigenvalue weighted by Crippen LogP contribution is -1.89. The van der Waals surface area contributed by atoms with E-state index in [0.29, 0.717) is 22.4 Å². The van der Waals surface area contributed by atoms with Crippen LogP contribution in [0.2, 0.25) is 0 Å². The maximum Gasteiger partial charge on any atom is 0.269 e. The van der Waals surface area contributed by atoms with Crippen LogP contribution in [0.1, 0.15) is 11.1 Å². The van der Waals surface area contributed by atoms with Gasteiger partial charge in [-0.25, -0.2) is 0 Å². The molecule has 0 aliphatic rings. The van der Waals surface area contributed by atoms with E-state index in [1.165, 1.54) is 37.4 Å². The van der Waals surface area contributed by atoms with Crippen molar-refractivity contribution in [1.29, 1.82) is 5.26 Å². The molecule has 0 amide bonds. The number of nitro benzene ring substituents is 1. The average molecular weight is 296 g/mol. The number of allylic oxidation sites excluding steroid dienone is 1. The van der Waals surface area contributed by atoms with Crippen LogP contribution in [0, 0.1) is 21.4 Å². The molecular formula is C16H12N2O4. The maximum atomic E-state index is 10.6. The lowest BCUT2D eigenvalue weighted by molar-refractivity contribution is -0.384. The predicted molar refractivity (Wildman–Crippen MR) is 81.2 cm³/mol. The van der Waals surface area contributed by atoms with Gasteiger partial charge in [0.05, 0.1) is 23.7 Å². The Hall–Kier alpha value is -3.33. The monoisotopic (exact) mass is 296 g/mol. The first-order valence-corrected chi connectivity index (χ1v) is 6.29. The molecule has 0 fully saturated rings. The zero-order valence-corrected chi connectivity index (χ0v) is 11.7. The summed E-state index contributed by atoms with van der Waals surface area (Å²) in [4.78, 5) is 10.1. The molecule has 0 spiro atoms. The Kier molecular flexibility index (Phi) is 4.39. The fraction of sp³-hybridized carbons (Fsp3) is 0.0625. The Bertz CT molecular complexity index is 774. The van der Waals surface area contributed by atoms with Crippen molar-refractivity contribution in [2.24, 2.45) is 0 Å². The van der Waals surface area contributed by atoms with Crippen LogP contribution in [0.4, 0.5) is 5.69 Å². The molecule has 110 valence electrons. The number of benzene rings is 2. The van der Waals surface area contributed by atoms with Crippen molar-refractivity contribution in [3.8, 4) is 17.6 Å². The lowest BCUT2D eigenvalue weighted by atomic mass is 10.0. The Morgan fingerprint density at radius 3 is 2.55 bits per heavy atom. The minimum atomic E-state index is -0.496. The van der Waals surface area contributed by atoms with Gasteiger partial charge in [-0.15, -0.1) is 0 Å². The van der Waals surface area contributed by atoms with Crippen LogP contribution in [-0.2, 0) is 0 Å². The molecular weight excluding hydrogens is 284 g/mol. The van der Waals surface area contributed by atoms with Crippen LogP contribution in [0.5, 0.6) is 11.5 Å². The second-order valence-corrected chi connectivity index (χ2v) is 4.41. The summed E-state index contributed by atoms with van der Waals surface area (Å²) in [5.74, 6) is 0.309. The molecule has 2 rings (SSSR count). The first kappa shape index (κ1) is 15.1. The van der Waals surface area contributed by atoms with E-state index in [0.717, 1.165) is 0 Å². The minimum absolute atomic E-state index is 0.00786. The van der Waals surface area contributed by atoms with Gasteiger partial charge < -0.3 is 9.84 Å². The van der Waals surface area contributed by atoms with Crippen molar-refractivity contribution in [3.05, 3.63) is 63.7 Å². The van der Waals surface area contributed by atoms with Gasteiger partial charge in [-0.05, 0) is 41.5 Å². The van der Waals surface area contributed by atoms with Crippen LogP contribution in [0.3, 0.4) is 0 Å². The molecule has 0 bridgehead atoms. The number of nitro groups is 1. The highest BCUT2D eigenvalue weighted by Crippen LogP contribution is 2.28. The molecule has 2 aromatic rings. The fourth-order valence-corrected chi connectivity index (χ4v) is 1.89. The van der Waals surface area contributed by atoms with Crippen LogP contribution >= 0.6 is 0 Å². The SMILES string of the molecule is COc1cc(/C=C(/C#N)c2ccc([N+](=O)[O-])cc2)ccc1O. The average Bonchev–Trinajstić information content (AvgIpc) is 2.54. The normalized spacial score (nSPS) is 10.8. The molecule has 0 aliphatic carbocycles. The Balaban J connectivity index is 2.39. The second kappa shape index (κ2) is 6.41. The van der Waals surface area contributed by atoms with E-state index in [9.17, 15) is 20.5 Å². The third-order valence-corrected chi connectivity index (χ3v) is 3.02. The number of hydrogen-bond acceptors (Lipinski definition) is 5. The van der Waals surface area contributed by atoms with Gasteiger partial charge >= 0.3 is 0 Å². The highest BCUT2D eigenvalue weighted by Gasteiger charge is 2.08. The number of aromatic hydroxyl groups is 1. The number of ether oxygens (including phenoxy) is 1. The molecule has 0 unspecified atom stereocenters. The van der Waals surface area contributed by atoms with E-state index >= 15 is 0 Å². The molecule has 22 heavy (non-hydrogen) atoms.